The van der Waals surface area contributed by atoms with Crippen molar-refractivity contribution >= 4 is 11.9 Å². The summed E-state index contributed by atoms with van der Waals surface area (Å²) in [5.74, 6) is -1.91. The molecule has 0 fully saturated rings. The van der Waals surface area contributed by atoms with E-state index in [1.165, 1.54) is 7.11 Å². The van der Waals surface area contributed by atoms with Crippen molar-refractivity contribution < 1.29 is 24.2 Å². The molecule has 0 unspecified atom stereocenters. The van der Waals surface area contributed by atoms with E-state index >= 15 is 0 Å². The highest BCUT2D eigenvalue weighted by Crippen LogP contribution is 2.41. The molecule has 0 saturated carbocycles. The number of esters is 1. The van der Waals surface area contributed by atoms with Crippen LogP contribution in [0.5, 0.6) is 5.75 Å². The number of fused-ring (bicyclic) bond motifs is 1. The van der Waals surface area contributed by atoms with Crippen molar-refractivity contribution in [3.05, 3.63) is 65.2 Å². The van der Waals surface area contributed by atoms with Crippen molar-refractivity contribution in [2.24, 2.45) is 0 Å². The Morgan fingerprint density at radius 2 is 1.95 bits per heavy atom. The summed E-state index contributed by atoms with van der Waals surface area (Å²) in [7, 11) is 1.52. The Labute approximate surface area is 127 Å². The summed E-state index contributed by atoms with van der Waals surface area (Å²) in [4.78, 5) is 23.9. The van der Waals surface area contributed by atoms with Gasteiger partial charge in [0.15, 0.2) is 0 Å². The molecule has 0 spiro atoms. The van der Waals surface area contributed by atoms with E-state index in [0.717, 1.165) is 0 Å². The number of hydrogen-bond donors (Lipinski definition) is 1. The van der Waals surface area contributed by atoms with Gasteiger partial charge in [-0.2, -0.15) is 0 Å². The number of methoxy groups -OCH3 is 1. The van der Waals surface area contributed by atoms with Crippen LogP contribution in [0.15, 0.2) is 48.5 Å². The molecular formula is C17H14O5. The highest BCUT2D eigenvalue weighted by Gasteiger charge is 2.41. The van der Waals surface area contributed by atoms with Crippen molar-refractivity contribution in [1.82, 2.24) is 0 Å². The molecule has 0 aromatic heterocycles. The first-order chi connectivity index (χ1) is 10.6. The normalized spacial score (nSPS) is 20.0. The zero-order chi connectivity index (χ0) is 15.7. The van der Waals surface area contributed by atoms with Crippen LogP contribution in [-0.2, 0) is 9.53 Å². The Balaban J connectivity index is 2.11. The molecule has 22 heavy (non-hydrogen) atoms. The van der Waals surface area contributed by atoms with Crippen molar-refractivity contribution in [2.45, 2.75) is 12.0 Å². The van der Waals surface area contributed by atoms with Crippen molar-refractivity contribution in [3.8, 4) is 5.75 Å². The second-order valence-corrected chi connectivity index (χ2v) is 5.01. The number of carboxylic acid groups (broad SMARTS) is 1. The maximum Gasteiger partial charge on any atom is 0.339 e. The van der Waals surface area contributed by atoms with Crippen molar-refractivity contribution in [2.75, 3.05) is 7.11 Å². The van der Waals surface area contributed by atoms with Crippen LogP contribution in [0.1, 0.15) is 33.5 Å². The Morgan fingerprint density at radius 3 is 2.68 bits per heavy atom. The van der Waals surface area contributed by atoms with Crippen LogP contribution >= 0.6 is 0 Å². The Bertz CT molecular complexity index is 737. The van der Waals surface area contributed by atoms with Gasteiger partial charge in [-0.3, -0.25) is 4.79 Å². The summed E-state index contributed by atoms with van der Waals surface area (Å²) in [6, 6.07) is 13.5. The number of carbonyl (C=O) groups excluding carboxylic acids is 1. The molecule has 0 amide bonds. The summed E-state index contributed by atoms with van der Waals surface area (Å²) < 4.78 is 10.5. The number of cyclic esters (lactones) is 1. The maximum absolute atomic E-state index is 12.1. The summed E-state index contributed by atoms with van der Waals surface area (Å²) >= 11 is 0. The third kappa shape index (κ3) is 2.30. The second kappa shape index (κ2) is 5.52. The molecule has 0 radical (unpaired) electrons. The lowest BCUT2D eigenvalue weighted by atomic mass is 9.84. The summed E-state index contributed by atoms with van der Waals surface area (Å²) in [6.45, 7) is 0. The minimum Gasteiger partial charge on any atom is -0.497 e. The molecule has 112 valence electrons. The van der Waals surface area contributed by atoms with E-state index in [0.29, 0.717) is 22.4 Å². The zero-order valence-electron chi connectivity index (χ0n) is 11.9. The number of aliphatic carboxylic acids is 1. The fourth-order valence-corrected chi connectivity index (χ4v) is 2.71. The molecular weight excluding hydrogens is 284 g/mol. The third-order valence-electron chi connectivity index (χ3n) is 3.74. The van der Waals surface area contributed by atoms with Gasteiger partial charge < -0.3 is 14.6 Å². The number of carboxylic acids is 1. The average molecular weight is 298 g/mol. The fraction of sp³-hybridized carbons (Fsp3) is 0.176. The van der Waals surface area contributed by atoms with Crippen LogP contribution in [-0.4, -0.2) is 24.2 Å². The topological polar surface area (TPSA) is 72.8 Å². The largest absolute Gasteiger partial charge is 0.497 e. The van der Waals surface area contributed by atoms with Crippen LogP contribution in [0.2, 0.25) is 0 Å². The molecule has 2 aromatic carbocycles. The van der Waals surface area contributed by atoms with Crippen LogP contribution in [0.25, 0.3) is 0 Å². The predicted octanol–water partition coefficient (Wildman–Crippen LogP) is 2.78. The van der Waals surface area contributed by atoms with Gasteiger partial charge in [0, 0.05) is 0 Å². The molecule has 1 aliphatic heterocycles. The maximum atomic E-state index is 12.1. The molecule has 1 aliphatic rings. The highest BCUT2D eigenvalue weighted by atomic mass is 16.5. The molecule has 0 saturated heterocycles. The molecule has 5 heteroatoms. The lowest BCUT2D eigenvalue weighted by molar-refractivity contribution is -0.142. The first kappa shape index (κ1) is 14.1. The van der Waals surface area contributed by atoms with E-state index in [1.54, 1.807) is 48.5 Å². The van der Waals surface area contributed by atoms with Gasteiger partial charge in [0.2, 0.25) is 0 Å². The molecule has 2 aromatic rings. The number of rotatable bonds is 3. The number of benzene rings is 2. The molecule has 0 aliphatic carbocycles. The van der Waals surface area contributed by atoms with E-state index in [-0.39, 0.29) is 0 Å². The first-order valence-electron chi connectivity index (χ1n) is 6.78. The smallest absolute Gasteiger partial charge is 0.339 e. The van der Waals surface area contributed by atoms with Gasteiger partial charge in [-0.15, -0.1) is 0 Å². The van der Waals surface area contributed by atoms with Gasteiger partial charge in [0.1, 0.15) is 17.8 Å². The Hall–Kier alpha value is -2.82. The average Bonchev–Trinajstić information content (AvgIpc) is 2.54. The first-order valence-corrected chi connectivity index (χ1v) is 6.78. The lowest BCUT2D eigenvalue weighted by Gasteiger charge is -2.30. The van der Waals surface area contributed by atoms with Gasteiger partial charge in [0.05, 0.1) is 12.7 Å². The summed E-state index contributed by atoms with van der Waals surface area (Å²) in [5, 5.41) is 9.61. The Kier molecular flexibility index (Phi) is 3.55. The molecule has 3 rings (SSSR count). The highest BCUT2D eigenvalue weighted by molar-refractivity contribution is 5.96. The van der Waals surface area contributed by atoms with Crippen LogP contribution in [0, 0.1) is 0 Å². The predicted molar refractivity (Wildman–Crippen MR) is 78.0 cm³/mol. The van der Waals surface area contributed by atoms with Gasteiger partial charge in [-0.05, 0) is 29.3 Å². The molecule has 2 atom stereocenters. The van der Waals surface area contributed by atoms with E-state index in [9.17, 15) is 14.7 Å². The number of hydrogen-bond acceptors (Lipinski definition) is 4. The number of carbonyl (C=O) groups is 2. The lowest BCUT2D eigenvalue weighted by Crippen LogP contribution is -2.31. The minimum atomic E-state index is -1.03. The fourth-order valence-electron chi connectivity index (χ4n) is 2.71. The van der Waals surface area contributed by atoms with Crippen LogP contribution in [0.4, 0.5) is 0 Å². The van der Waals surface area contributed by atoms with E-state index in [4.69, 9.17) is 9.47 Å². The van der Waals surface area contributed by atoms with Gasteiger partial charge >= 0.3 is 11.9 Å². The second-order valence-electron chi connectivity index (χ2n) is 5.01. The van der Waals surface area contributed by atoms with Gasteiger partial charge in [-0.25, -0.2) is 4.79 Å². The molecule has 0 bridgehead atoms. The molecule has 5 nitrogen and oxygen atoms in total. The van der Waals surface area contributed by atoms with Crippen LogP contribution in [0.3, 0.4) is 0 Å². The number of ether oxygens (including phenoxy) is 2. The van der Waals surface area contributed by atoms with Crippen molar-refractivity contribution in [1.29, 1.82) is 0 Å². The van der Waals surface area contributed by atoms with Gasteiger partial charge in [-0.1, -0.05) is 30.3 Å². The molecule has 1 heterocycles. The van der Waals surface area contributed by atoms with Crippen LogP contribution < -0.4 is 4.74 Å². The van der Waals surface area contributed by atoms with E-state index < -0.39 is 24.0 Å². The Morgan fingerprint density at radius 1 is 1.18 bits per heavy atom. The SMILES string of the molecule is COc1cccc([C@H]2OC(=O)c3ccccc3[C@H]2C(=O)O)c1. The van der Waals surface area contributed by atoms with Crippen molar-refractivity contribution in [3.63, 3.8) is 0 Å². The quantitative estimate of drug-likeness (QED) is 0.882. The summed E-state index contributed by atoms with van der Waals surface area (Å²) in [5.41, 5.74) is 1.36. The monoisotopic (exact) mass is 298 g/mol. The van der Waals surface area contributed by atoms with E-state index in [1.807, 2.05) is 0 Å². The molecule has 1 N–H and O–H groups in total. The van der Waals surface area contributed by atoms with E-state index in [2.05, 4.69) is 0 Å². The summed E-state index contributed by atoms with van der Waals surface area (Å²) in [6.07, 6.45) is -0.880. The standard InChI is InChI=1S/C17H14O5/c1-21-11-6-4-5-10(9-11)15-14(16(18)19)12-7-2-3-8-13(12)17(20)22-15/h2-9,14-15H,1H3,(H,18,19)/t14-,15-/m1/s1. The third-order valence-corrected chi connectivity index (χ3v) is 3.74. The minimum absolute atomic E-state index is 0.300. The zero-order valence-corrected chi connectivity index (χ0v) is 11.9. The van der Waals surface area contributed by atoms with Gasteiger partial charge in [0.25, 0.3) is 0 Å².